The van der Waals surface area contributed by atoms with Gasteiger partial charge in [-0.2, -0.15) is 4.31 Å². The van der Waals surface area contributed by atoms with Crippen LogP contribution in [-0.4, -0.2) is 55.8 Å². The quantitative estimate of drug-likeness (QED) is 0.743. The molecule has 3 rings (SSSR count). The molecule has 1 fully saturated rings. The van der Waals surface area contributed by atoms with Crippen molar-refractivity contribution in [3.63, 3.8) is 0 Å². The molecule has 0 aliphatic carbocycles. The molecule has 0 bridgehead atoms. The first kappa shape index (κ1) is 20.6. The second-order valence-electron chi connectivity index (χ2n) is 6.76. The monoisotopic (exact) mass is 422 g/mol. The van der Waals surface area contributed by atoms with E-state index in [-0.39, 0.29) is 23.9 Å². The highest BCUT2D eigenvalue weighted by molar-refractivity contribution is 7.89. The molecule has 8 heteroatoms. The summed E-state index contributed by atoms with van der Waals surface area (Å²) in [6.45, 7) is 4.83. The minimum atomic E-state index is -3.60. The van der Waals surface area contributed by atoms with E-state index in [1.165, 1.54) is 16.4 Å². The molecule has 1 saturated heterocycles. The zero-order valence-corrected chi connectivity index (χ0v) is 17.4. The lowest BCUT2D eigenvalue weighted by molar-refractivity contribution is -0.139. The van der Waals surface area contributed by atoms with Crippen molar-refractivity contribution >= 4 is 27.5 Å². The number of hydrogen-bond donors (Lipinski definition) is 0. The van der Waals surface area contributed by atoms with Crippen molar-refractivity contribution in [2.24, 2.45) is 0 Å². The third-order valence-corrected chi connectivity index (χ3v) is 6.85. The Bertz CT molecular complexity index is 922. The fourth-order valence-electron chi connectivity index (χ4n) is 3.03. The normalized spacial score (nSPS) is 16.6. The minimum Gasteiger partial charge on any atom is -0.481 e. The van der Waals surface area contributed by atoms with Gasteiger partial charge in [0.1, 0.15) is 5.75 Å². The van der Waals surface area contributed by atoms with Crippen LogP contribution in [0.4, 0.5) is 0 Å². The van der Waals surface area contributed by atoms with Crippen LogP contribution in [0, 0.1) is 6.92 Å². The standard InChI is InChI=1S/C20H23ClN2O4S/c1-15-3-7-18(8-4-15)27-16(2)20(24)22-11-13-23(14-12-22)28(25,26)19-9-5-17(21)6-10-19/h3-10,16H,11-14H2,1-2H3/t16-/m1/s1. The molecule has 0 aromatic heterocycles. The number of ether oxygens (including phenoxy) is 1. The Morgan fingerprint density at radius 2 is 1.57 bits per heavy atom. The van der Waals surface area contributed by atoms with E-state index < -0.39 is 16.1 Å². The predicted octanol–water partition coefficient (Wildman–Crippen LogP) is 2.95. The van der Waals surface area contributed by atoms with Crippen molar-refractivity contribution in [3.8, 4) is 5.75 Å². The summed E-state index contributed by atoms with van der Waals surface area (Å²) in [4.78, 5) is 14.5. The average Bonchev–Trinajstić information content (AvgIpc) is 2.69. The molecule has 1 atom stereocenters. The second-order valence-corrected chi connectivity index (χ2v) is 9.13. The molecule has 0 unspecified atom stereocenters. The molecule has 0 radical (unpaired) electrons. The Balaban J connectivity index is 1.58. The van der Waals surface area contributed by atoms with Gasteiger partial charge in [-0.25, -0.2) is 8.42 Å². The minimum absolute atomic E-state index is 0.149. The fourth-order valence-corrected chi connectivity index (χ4v) is 4.58. The smallest absolute Gasteiger partial charge is 0.263 e. The van der Waals surface area contributed by atoms with Gasteiger partial charge in [-0.05, 0) is 50.2 Å². The van der Waals surface area contributed by atoms with Crippen LogP contribution in [-0.2, 0) is 14.8 Å². The molecule has 1 amide bonds. The Labute approximate surface area is 170 Å². The van der Waals surface area contributed by atoms with Crippen molar-refractivity contribution in [1.82, 2.24) is 9.21 Å². The molecular formula is C20H23ClN2O4S. The maximum Gasteiger partial charge on any atom is 0.263 e. The van der Waals surface area contributed by atoms with Gasteiger partial charge in [-0.1, -0.05) is 29.3 Å². The van der Waals surface area contributed by atoms with Crippen molar-refractivity contribution in [1.29, 1.82) is 0 Å². The van der Waals surface area contributed by atoms with E-state index in [0.29, 0.717) is 23.9 Å². The van der Waals surface area contributed by atoms with Crippen molar-refractivity contribution in [2.45, 2.75) is 24.8 Å². The number of carbonyl (C=O) groups is 1. The van der Waals surface area contributed by atoms with Gasteiger partial charge >= 0.3 is 0 Å². The summed E-state index contributed by atoms with van der Waals surface area (Å²) in [7, 11) is -3.60. The van der Waals surface area contributed by atoms with Crippen LogP contribution in [0.25, 0.3) is 0 Å². The van der Waals surface area contributed by atoms with Gasteiger partial charge in [0.05, 0.1) is 4.90 Å². The zero-order chi connectivity index (χ0) is 20.3. The number of carbonyl (C=O) groups excluding carboxylic acids is 1. The number of piperazine rings is 1. The van der Waals surface area contributed by atoms with Gasteiger partial charge < -0.3 is 9.64 Å². The number of amides is 1. The highest BCUT2D eigenvalue weighted by atomic mass is 35.5. The molecule has 6 nitrogen and oxygen atoms in total. The maximum absolute atomic E-state index is 12.7. The third-order valence-electron chi connectivity index (χ3n) is 4.68. The highest BCUT2D eigenvalue weighted by Gasteiger charge is 2.32. The van der Waals surface area contributed by atoms with E-state index in [1.807, 2.05) is 31.2 Å². The molecule has 150 valence electrons. The summed E-state index contributed by atoms with van der Waals surface area (Å²) in [5, 5.41) is 0.483. The first-order valence-electron chi connectivity index (χ1n) is 9.05. The van der Waals surface area contributed by atoms with Gasteiger partial charge in [0.25, 0.3) is 5.91 Å². The van der Waals surface area contributed by atoms with Crippen LogP contribution in [0.2, 0.25) is 5.02 Å². The maximum atomic E-state index is 12.7. The van der Waals surface area contributed by atoms with Crippen molar-refractivity contribution < 1.29 is 17.9 Å². The fraction of sp³-hybridized carbons (Fsp3) is 0.350. The molecule has 28 heavy (non-hydrogen) atoms. The largest absolute Gasteiger partial charge is 0.481 e. The molecule has 0 saturated carbocycles. The van der Waals surface area contributed by atoms with Crippen LogP contribution < -0.4 is 4.74 Å². The van der Waals surface area contributed by atoms with E-state index in [9.17, 15) is 13.2 Å². The molecule has 0 N–H and O–H groups in total. The predicted molar refractivity (Wildman–Crippen MR) is 108 cm³/mol. The highest BCUT2D eigenvalue weighted by Crippen LogP contribution is 2.20. The Kier molecular flexibility index (Phi) is 6.27. The van der Waals surface area contributed by atoms with Crippen molar-refractivity contribution in [2.75, 3.05) is 26.2 Å². The summed E-state index contributed by atoms with van der Waals surface area (Å²) >= 11 is 5.83. The summed E-state index contributed by atoms with van der Waals surface area (Å²) < 4.78 is 32.6. The van der Waals surface area contributed by atoms with E-state index in [0.717, 1.165) is 5.56 Å². The van der Waals surface area contributed by atoms with E-state index in [4.69, 9.17) is 16.3 Å². The van der Waals surface area contributed by atoms with Crippen LogP contribution in [0.15, 0.2) is 53.4 Å². The first-order chi connectivity index (χ1) is 13.3. The van der Waals surface area contributed by atoms with Crippen LogP contribution >= 0.6 is 11.6 Å². The molecule has 1 heterocycles. The topological polar surface area (TPSA) is 66.9 Å². The Morgan fingerprint density at radius 3 is 2.14 bits per heavy atom. The van der Waals surface area contributed by atoms with Crippen LogP contribution in [0.1, 0.15) is 12.5 Å². The Hall–Kier alpha value is -2.09. The molecule has 2 aromatic rings. The molecule has 1 aliphatic rings. The lowest BCUT2D eigenvalue weighted by atomic mass is 10.2. The lowest BCUT2D eigenvalue weighted by Gasteiger charge is -2.35. The number of sulfonamides is 1. The number of halogens is 1. The van der Waals surface area contributed by atoms with Crippen LogP contribution in [0.5, 0.6) is 5.75 Å². The SMILES string of the molecule is Cc1ccc(O[C@H](C)C(=O)N2CCN(S(=O)(=O)c3ccc(Cl)cc3)CC2)cc1. The second kappa shape index (κ2) is 8.51. The third kappa shape index (κ3) is 4.66. The van der Waals surface area contributed by atoms with E-state index in [1.54, 1.807) is 24.0 Å². The molecular weight excluding hydrogens is 400 g/mol. The first-order valence-corrected chi connectivity index (χ1v) is 10.9. The number of aryl methyl sites for hydroxylation is 1. The van der Waals surface area contributed by atoms with E-state index >= 15 is 0 Å². The molecule has 2 aromatic carbocycles. The summed E-state index contributed by atoms with van der Waals surface area (Å²) in [6.07, 6.45) is -0.637. The van der Waals surface area contributed by atoms with Gasteiger partial charge in [-0.3, -0.25) is 4.79 Å². The molecule has 1 aliphatic heterocycles. The molecule has 0 spiro atoms. The van der Waals surface area contributed by atoms with Crippen molar-refractivity contribution in [3.05, 3.63) is 59.1 Å². The lowest BCUT2D eigenvalue weighted by Crippen LogP contribution is -2.53. The number of benzene rings is 2. The number of nitrogens with zero attached hydrogens (tertiary/aromatic N) is 2. The average molecular weight is 423 g/mol. The van der Waals surface area contributed by atoms with Gasteiger partial charge in [-0.15, -0.1) is 0 Å². The number of hydrogen-bond acceptors (Lipinski definition) is 4. The van der Waals surface area contributed by atoms with Gasteiger partial charge in [0.15, 0.2) is 6.10 Å². The number of rotatable bonds is 5. The summed E-state index contributed by atoms with van der Waals surface area (Å²) in [5.74, 6) is 0.486. The van der Waals surface area contributed by atoms with Gasteiger partial charge in [0.2, 0.25) is 10.0 Å². The Morgan fingerprint density at radius 1 is 1.00 bits per heavy atom. The summed E-state index contributed by atoms with van der Waals surface area (Å²) in [6, 6.07) is 13.6. The zero-order valence-electron chi connectivity index (χ0n) is 15.8. The van der Waals surface area contributed by atoms with Crippen LogP contribution in [0.3, 0.4) is 0 Å². The summed E-state index contributed by atoms with van der Waals surface area (Å²) in [5.41, 5.74) is 1.12. The van der Waals surface area contributed by atoms with Gasteiger partial charge in [0, 0.05) is 31.2 Å². The van der Waals surface area contributed by atoms with E-state index in [2.05, 4.69) is 0 Å².